The first-order chi connectivity index (χ1) is 5.07. The third-order valence-corrected chi connectivity index (χ3v) is 2.12. The van der Waals surface area contributed by atoms with Crippen LogP contribution in [0.25, 0.3) is 0 Å². The average molecular weight is 157 g/mol. The number of carbonyl (C=O) groups excluding carboxylic acids is 1. The smallest absolute Gasteiger partial charge is 0.132 e. The molecule has 0 saturated carbocycles. The van der Waals surface area contributed by atoms with E-state index in [0.717, 1.165) is 12.8 Å². The third-order valence-electron chi connectivity index (χ3n) is 2.12. The van der Waals surface area contributed by atoms with Crippen molar-refractivity contribution in [1.82, 2.24) is 4.90 Å². The zero-order valence-electron chi connectivity index (χ0n) is 8.05. The fourth-order valence-electron chi connectivity index (χ4n) is 0.805. The van der Waals surface area contributed by atoms with Crippen LogP contribution in [0.4, 0.5) is 0 Å². The van der Waals surface area contributed by atoms with Gasteiger partial charge in [-0.1, -0.05) is 6.92 Å². The van der Waals surface area contributed by atoms with E-state index in [1.165, 1.54) is 0 Å². The van der Waals surface area contributed by atoms with Crippen LogP contribution in [0.5, 0.6) is 0 Å². The number of rotatable bonds is 5. The van der Waals surface area contributed by atoms with Gasteiger partial charge >= 0.3 is 0 Å². The summed E-state index contributed by atoms with van der Waals surface area (Å²) in [5, 5.41) is 0. The average Bonchev–Trinajstić information content (AvgIpc) is 1.99. The van der Waals surface area contributed by atoms with Crippen molar-refractivity contribution in [3.63, 3.8) is 0 Å². The number of hydrogen-bond acceptors (Lipinski definition) is 2. The summed E-state index contributed by atoms with van der Waals surface area (Å²) in [7, 11) is 4.09. The molecule has 0 radical (unpaired) electrons. The maximum absolute atomic E-state index is 10.9. The second-order valence-electron chi connectivity index (χ2n) is 3.24. The van der Waals surface area contributed by atoms with Crippen molar-refractivity contribution in [2.24, 2.45) is 0 Å². The van der Waals surface area contributed by atoms with Crippen molar-refractivity contribution in [3.05, 3.63) is 0 Å². The molecule has 0 aliphatic rings. The topological polar surface area (TPSA) is 20.3 Å². The van der Waals surface area contributed by atoms with Crippen LogP contribution in [0.2, 0.25) is 0 Å². The minimum Gasteiger partial charge on any atom is -0.307 e. The van der Waals surface area contributed by atoms with Gasteiger partial charge in [0.05, 0.1) is 0 Å². The molecule has 0 spiro atoms. The standard InChI is InChI=1S/C9H19NO/c1-5-9(11)7-6-8(2)10(3)4/h8H,5-7H2,1-4H3/t8-/m1/s1. The van der Waals surface area contributed by atoms with Gasteiger partial charge in [0.15, 0.2) is 0 Å². The maximum atomic E-state index is 10.9. The lowest BCUT2D eigenvalue weighted by Gasteiger charge is -2.18. The predicted molar refractivity (Wildman–Crippen MR) is 47.7 cm³/mol. The van der Waals surface area contributed by atoms with E-state index in [2.05, 4.69) is 11.8 Å². The number of Topliss-reactive ketones (excluding diaryl/α,β-unsaturated/α-hetero) is 1. The molecule has 0 bridgehead atoms. The van der Waals surface area contributed by atoms with Gasteiger partial charge in [-0.05, 0) is 27.4 Å². The zero-order valence-corrected chi connectivity index (χ0v) is 8.05. The molecule has 66 valence electrons. The van der Waals surface area contributed by atoms with Crippen LogP contribution in [-0.4, -0.2) is 30.8 Å². The van der Waals surface area contributed by atoms with Crippen LogP contribution < -0.4 is 0 Å². The highest BCUT2D eigenvalue weighted by molar-refractivity contribution is 5.77. The summed E-state index contributed by atoms with van der Waals surface area (Å²) in [6.07, 6.45) is 2.40. The van der Waals surface area contributed by atoms with Gasteiger partial charge in [0.25, 0.3) is 0 Å². The number of nitrogens with zero attached hydrogens (tertiary/aromatic N) is 1. The molecule has 0 amide bonds. The van der Waals surface area contributed by atoms with Crippen molar-refractivity contribution in [2.45, 2.75) is 39.2 Å². The Labute approximate surface area is 69.6 Å². The first kappa shape index (κ1) is 10.6. The Morgan fingerprint density at radius 2 is 2.00 bits per heavy atom. The lowest BCUT2D eigenvalue weighted by molar-refractivity contribution is -0.119. The highest BCUT2D eigenvalue weighted by Crippen LogP contribution is 2.03. The summed E-state index contributed by atoms with van der Waals surface area (Å²) >= 11 is 0. The van der Waals surface area contributed by atoms with E-state index in [0.29, 0.717) is 18.2 Å². The summed E-state index contributed by atoms with van der Waals surface area (Å²) in [6, 6.07) is 0.519. The molecule has 0 aromatic heterocycles. The van der Waals surface area contributed by atoms with Crippen LogP contribution in [0.1, 0.15) is 33.1 Å². The largest absolute Gasteiger partial charge is 0.307 e. The first-order valence-electron chi connectivity index (χ1n) is 4.26. The summed E-state index contributed by atoms with van der Waals surface area (Å²) in [4.78, 5) is 13.1. The normalized spacial score (nSPS) is 13.5. The molecular formula is C9H19NO. The highest BCUT2D eigenvalue weighted by Gasteiger charge is 2.06. The van der Waals surface area contributed by atoms with E-state index >= 15 is 0 Å². The minimum atomic E-state index is 0.374. The molecule has 0 rings (SSSR count). The SMILES string of the molecule is CCC(=O)CC[C@@H](C)N(C)C. The van der Waals surface area contributed by atoms with Crippen LogP contribution in [0.15, 0.2) is 0 Å². The molecule has 0 aliphatic carbocycles. The van der Waals surface area contributed by atoms with Crippen LogP contribution in [-0.2, 0) is 4.79 Å². The minimum absolute atomic E-state index is 0.374. The van der Waals surface area contributed by atoms with Crippen LogP contribution >= 0.6 is 0 Å². The quantitative estimate of drug-likeness (QED) is 0.605. The van der Waals surface area contributed by atoms with E-state index in [1.807, 2.05) is 21.0 Å². The van der Waals surface area contributed by atoms with Gasteiger partial charge in [0.1, 0.15) is 5.78 Å². The van der Waals surface area contributed by atoms with Gasteiger partial charge < -0.3 is 4.90 Å². The molecule has 0 aromatic rings. The zero-order chi connectivity index (χ0) is 8.85. The second-order valence-corrected chi connectivity index (χ2v) is 3.24. The van der Waals surface area contributed by atoms with Crippen LogP contribution in [0.3, 0.4) is 0 Å². The molecule has 2 nitrogen and oxygen atoms in total. The number of hydrogen-bond donors (Lipinski definition) is 0. The molecule has 11 heavy (non-hydrogen) atoms. The first-order valence-corrected chi connectivity index (χ1v) is 4.26. The van der Waals surface area contributed by atoms with Crippen LogP contribution in [0, 0.1) is 0 Å². The monoisotopic (exact) mass is 157 g/mol. The highest BCUT2D eigenvalue weighted by atomic mass is 16.1. The lowest BCUT2D eigenvalue weighted by atomic mass is 10.1. The van der Waals surface area contributed by atoms with Gasteiger partial charge in [-0.15, -0.1) is 0 Å². The second kappa shape index (κ2) is 5.30. The molecule has 1 atom stereocenters. The molecule has 0 fully saturated rings. The lowest BCUT2D eigenvalue weighted by Crippen LogP contribution is -2.25. The maximum Gasteiger partial charge on any atom is 0.132 e. The summed E-state index contributed by atoms with van der Waals surface area (Å²) in [5.41, 5.74) is 0. The van der Waals surface area contributed by atoms with Crippen molar-refractivity contribution < 1.29 is 4.79 Å². The third kappa shape index (κ3) is 4.96. The van der Waals surface area contributed by atoms with Gasteiger partial charge in [-0.2, -0.15) is 0 Å². The molecule has 2 heteroatoms. The van der Waals surface area contributed by atoms with Crippen molar-refractivity contribution in [2.75, 3.05) is 14.1 Å². The fourth-order valence-corrected chi connectivity index (χ4v) is 0.805. The number of carbonyl (C=O) groups is 1. The summed E-state index contributed by atoms with van der Waals surface area (Å²) < 4.78 is 0. The molecule has 0 N–H and O–H groups in total. The van der Waals surface area contributed by atoms with E-state index < -0.39 is 0 Å². The Morgan fingerprint density at radius 3 is 2.36 bits per heavy atom. The van der Waals surface area contributed by atoms with Crippen molar-refractivity contribution in [3.8, 4) is 0 Å². The van der Waals surface area contributed by atoms with Gasteiger partial charge in [0, 0.05) is 18.9 Å². The van der Waals surface area contributed by atoms with Gasteiger partial charge in [-0.25, -0.2) is 0 Å². The molecule has 0 aliphatic heterocycles. The Morgan fingerprint density at radius 1 is 1.45 bits per heavy atom. The number of ketones is 1. The van der Waals surface area contributed by atoms with E-state index in [-0.39, 0.29) is 0 Å². The van der Waals surface area contributed by atoms with Gasteiger partial charge in [-0.3, -0.25) is 4.79 Å². The molecule has 0 heterocycles. The van der Waals surface area contributed by atoms with E-state index in [9.17, 15) is 4.79 Å². The summed E-state index contributed by atoms with van der Waals surface area (Å²) in [6.45, 7) is 4.06. The Kier molecular flexibility index (Phi) is 5.12. The Balaban J connectivity index is 3.45. The molecule has 0 saturated heterocycles. The Hall–Kier alpha value is -0.370. The molecule has 0 unspecified atom stereocenters. The molecule has 0 aromatic carbocycles. The predicted octanol–water partition coefficient (Wildman–Crippen LogP) is 1.70. The van der Waals surface area contributed by atoms with E-state index in [4.69, 9.17) is 0 Å². The van der Waals surface area contributed by atoms with E-state index in [1.54, 1.807) is 0 Å². The summed E-state index contributed by atoms with van der Waals surface area (Å²) in [5.74, 6) is 0.374. The Bertz CT molecular complexity index is 121. The fraction of sp³-hybridized carbons (Fsp3) is 0.889. The van der Waals surface area contributed by atoms with Crippen molar-refractivity contribution >= 4 is 5.78 Å². The van der Waals surface area contributed by atoms with Gasteiger partial charge in [0.2, 0.25) is 0 Å². The van der Waals surface area contributed by atoms with Crippen molar-refractivity contribution in [1.29, 1.82) is 0 Å². The molecular weight excluding hydrogens is 138 g/mol.